The average Bonchev–Trinajstić information content (AvgIpc) is 2.90. The topological polar surface area (TPSA) is 73.6 Å². The lowest BCUT2D eigenvalue weighted by Crippen LogP contribution is -2.43. The fourth-order valence-electron chi connectivity index (χ4n) is 1.94. The summed E-state index contributed by atoms with van der Waals surface area (Å²) in [5, 5.41) is 6.55. The number of aromatic nitrogens is 1. The lowest BCUT2D eigenvalue weighted by atomic mass is 10.2. The maximum atomic E-state index is 12.0. The second-order valence-corrected chi connectivity index (χ2v) is 4.51. The summed E-state index contributed by atoms with van der Waals surface area (Å²) in [7, 11) is 0. The number of benzene rings is 1. The largest absolute Gasteiger partial charge is 0.485 e. The van der Waals surface area contributed by atoms with E-state index in [-0.39, 0.29) is 12.5 Å². The number of carbonyl (C=O) groups excluding carboxylic acids is 1. The van der Waals surface area contributed by atoms with Crippen molar-refractivity contribution in [1.82, 2.24) is 10.5 Å². The van der Waals surface area contributed by atoms with Crippen molar-refractivity contribution in [3.05, 3.63) is 41.8 Å². The molecule has 2 aromatic rings. The maximum Gasteiger partial charge on any atom is 0.265 e. The fourth-order valence-corrected chi connectivity index (χ4v) is 1.94. The van der Waals surface area contributed by atoms with Crippen molar-refractivity contribution in [1.29, 1.82) is 0 Å². The van der Waals surface area contributed by atoms with Crippen molar-refractivity contribution < 1.29 is 18.8 Å². The molecule has 0 radical (unpaired) electrons. The molecule has 2 heterocycles. The normalized spacial score (nSPS) is 16.8. The van der Waals surface area contributed by atoms with Gasteiger partial charge in [-0.15, -0.1) is 0 Å². The minimum absolute atomic E-state index is 0.195. The molecule has 1 aliphatic heterocycles. The van der Waals surface area contributed by atoms with E-state index in [1.165, 1.54) is 0 Å². The third-order valence-corrected chi connectivity index (χ3v) is 2.92. The van der Waals surface area contributed by atoms with Crippen LogP contribution < -0.4 is 14.8 Å². The Labute approximate surface area is 115 Å². The molecular formula is C14H14N2O4. The van der Waals surface area contributed by atoms with E-state index in [2.05, 4.69) is 10.5 Å². The minimum Gasteiger partial charge on any atom is -0.485 e. The van der Waals surface area contributed by atoms with Gasteiger partial charge < -0.3 is 19.3 Å². The number of nitrogens with zero attached hydrogens (tertiary/aromatic N) is 1. The van der Waals surface area contributed by atoms with E-state index in [1.54, 1.807) is 19.1 Å². The summed E-state index contributed by atoms with van der Waals surface area (Å²) in [5.41, 5.74) is 0.674. The molecule has 1 atom stereocenters. The number of aryl methyl sites for hydroxylation is 1. The van der Waals surface area contributed by atoms with Crippen molar-refractivity contribution in [2.24, 2.45) is 0 Å². The van der Waals surface area contributed by atoms with Gasteiger partial charge in [0.2, 0.25) is 6.10 Å². The number of nitrogens with one attached hydrogen (secondary N) is 1. The van der Waals surface area contributed by atoms with Crippen LogP contribution in [-0.2, 0) is 11.3 Å². The van der Waals surface area contributed by atoms with Crippen molar-refractivity contribution in [2.75, 3.05) is 6.61 Å². The summed E-state index contributed by atoms with van der Waals surface area (Å²) in [6.07, 6.45) is -0.655. The Morgan fingerprint density at radius 2 is 2.20 bits per heavy atom. The smallest absolute Gasteiger partial charge is 0.265 e. The van der Waals surface area contributed by atoms with Crippen LogP contribution in [0.4, 0.5) is 0 Å². The first-order valence-electron chi connectivity index (χ1n) is 6.31. The highest BCUT2D eigenvalue weighted by Crippen LogP contribution is 2.30. The first-order valence-corrected chi connectivity index (χ1v) is 6.31. The molecule has 1 N–H and O–H groups in total. The standard InChI is InChI=1S/C14H14N2O4/c1-9-6-10(16-20-9)7-15-14(17)13-8-18-11-4-2-3-5-12(11)19-13/h2-6,13H,7-8H2,1H3,(H,15,17)/t13-/m0/s1. The second kappa shape index (κ2) is 5.24. The number of para-hydroxylation sites is 2. The monoisotopic (exact) mass is 274 g/mol. The zero-order valence-corrected chi connectivity index (χ0v) is 11.0. The summed E-state index contributed by atoms with van der Waals surface area (Å²) in [6, 6.07) is 9.04. The Hall–Kier alpha value is -2.50. The predicted molar refractivity (Wildman–Crippen MR) is 69.4 cm³/mol. The first-order chi connectivity index (χ1) is 9.72. The zero-order valence-electron chi connectivity index (χ0n) is 11.0. The highest BCUT2D eigenvalue weighted by Gasteiger charge is 2.27. The van der Waals surface area contributed by atoms with Crippen LogP contribution in [0.3, 0.4) is 0 Å². The molecule has 0 saturated carbocycles. The van der Waals surface area contributed by atoms with Crippen LogP contribution in [0, 0.1) is 6.92 Å². The lowest BCUT2D eigenvalue weighted by Gasteiger charge is -2.25. The van der Waals surface area contributed by atoms with Crippen LogP contribution in [0.1, 0.15) is 11.5 Å². The molecule has 6 heteroatoms. The molecule has 0 unspecified atom stereocenters. The van der Waals surface area contributed by atoms with Gasteiger partial charge in [-0.2, -0.15) is 0 Å². The van der Waals surface area contributed by atoms with Crippen LogP contribution in [-0.4, -0.2) is 23.8 Å². The molecule has 0 aliphatic carbocycles. The van der Waals surface area contributed by atoms with Crippen LogP contribution in [0.15, 0.2) is 34.9 Å². The summed E-state index contributed by atoms with van der Waals surface area (Å²) < 4.78 is 16.0. The van der Waals surface area contributed by atoms with Crippen molar-refractivity contribution in [2.45, 2.75) is 19.6 Å². The fraction of sp³-hybridized carbons (Fsp3) is 0.286. The number of hydrogen-bond donors (Lipinski definition) is 1. The Morgan fingerprint density at radius 3 is 2.95 bits per heavy atom. The van der Waals surface area contributed by atoms with E-state index < -0.39 is 6.10 Å². The van der Waals surface area contributed by atoms with Gasteiger partial charge in [-0.1, -0.05) is 17.3 Å². The Kier molecular flexibility index (Phi) is 3.28. The summed E-state index contributed by atoms with van der Waals surface area (Å²) in [6.45, 7) is 2.30. The van der Waals surface area contributed by atoms with Crippen LogP contribution in [0.5, 0.6) is 11.5 Å². The van der Waals surface area contributed by atoms with Crippen LogP contribution in [0.25, 0.3) is 0 Å². The van der Waals surface area contributed by atoms with E-state index in [9.17, 15) is 4.79 Å². The lowest BCUT2D eigenvalue weighted by molar-refractivity contribution is -0.130. The van der Waals surface area contributed by atoms with E-state index >= 15 is 0 Å². The average molecular weight is 274 g/mol. The molecule has 3 rings (SSSR count). The van der Waals surface area contributed by atoms with Gasteiger partial charge in [-0.25, -0.2) is 0 Å². The molecule has 20 heavy (non-hydrogen) atoms. The summed E-state index contributed by atoms with van der Waals surface area (Å²) >= 11 is 0. The van der Waals surface area contributed by atoms with Gasteiger partial charge in [0.25, 0.3) is 5.91 Å². The molecule has 0 fully saturated rings. The highest BCUT2D eigenvalue weighted by atomic mass is 16.6. The van der Waals surface area contributed by atoms with Gasteiger partial charge >= 0.3 is 0 Å². The molecular weight excluding hydrogens is 260 g/mol. The highest BCUT2D eigenvalue weighted by molar-refractivity contribution is 5.81. The Balaban J connectivity index is 1.59. The SMILES string of the molecule is Cc1cc(CNC(=O)[C@@H]2COc3ccccc3O2)no1. The number of amides is 1. The number of ether oxygens (including phenoxy) is 2. The number of carbonyl (C=O) groups is 1. The quantitative estimate of drug-likeness (QED) is 0.916. The predicted octanol–water partition coefficient (Wildman–Crippen LogP) is 1.44. The zero-order chi connectivity index (χ0) is 13.9. The van der Waals surface area contributed by atoms with E-state index in [0.29, 0.717) is 29.5 Å². The molecule has 104 valence electrons. The number of hydrogen-bond acceptors (Lipinski definition) is 5. The molecule has 1 aromatic heterocycles. The molecule has 6 nitrogen and oxygen atoms in total. The molecule has 1 aliphatic rings. The number of rotatable bonds is 3. The van der Waals surface area contributed by atoms with Crippen molar-refractivity contribution in [3.63, 3.8) is 0 Å². The second-order valence-electron chi connectivity index (χ2n) is 4.51. The maximum absolute atomic E-state index is 12.0. The third kappa shape index (κ3) is 2.59. The van der Waals surface area contributed by atoms with Gasteiger partial charge in [0.1, 0.15) is 18.1 Å². The van der Waals surface area contributed by atoms with E-state index in [4.69, 9.17) is 14.0 Å². The summed E-state index contributed by atoms with van der Waals surface area (Å²) in [5.74, 6) is 1.71. The molecule has 1 amide bonds. The third-order valence-electron chi connectivity index (χ3n) is 2.92. The van der Waals surface area contributed by atoms with Gasteiger partial charge in [0, 0.05) is 6.07 Å². The molecule has 1 aromatic carbocycles. The van der Waals surface area contributed by atoms with Gasteiger partial charge in [-0.05, 0) is 19.1 Å². The van der Waals surface area contributed by atoms with E-state index in [0.717, 1.165) is 0 Å². The van der Waals surface area contributed by atoms with Gasteiger partial charge in [0.05, 0.1) is 6.54 Å². The molecule has 0 bridgehead atoms. The van der Waals surface area contributed by atoms with Crippen LogP contribution in [0.2, 0.25) is 0 Å². The van der Waals surface area contributed by atoms with E-state index in [1.807, 2.05) is 18.2 Å². The van der Waals surface area contributed by atoms with Gasteiger partial charge in [-0.3, -0.25) is 4.79 Å². The number of fused-ring (bicyclic) bond motifs is 1. The molecule has 0 saturated heterocycles. The minimum atomic E-state index is -0.655. The Morgan fingerprint density at radius 1 is 1.40 bits per heavy atom. The van der Waals surface area contributed by atoms with Crippen molar-refractivity contribution in [3.8, 4) is 11.5 Å². The molecule has 0 spiro atoms. The first kappa shape index (κ1) is 12.5. The van der Waals surface area contributed by atoms with Gasteiger partial charge in [0.15, 0.2) is 11.5 Å². The summed E-state index contributed by atoms with van der Waals surface area (Å²) in [4.78, 5) is 12.0. The Bertz CT molecular complexity index is 623. The van der Waals surface area contributed by atoms with Crippen molar-refractivity contribution >= 4 is 5.91 Å². The van der Waals surface area contributed by atoms with Crippen LogP contribution >= 0.6 is 0 Å².